The van der Waals surface area contributed by atoms with Crippen LogP contribution in [0.3, 0.4) is 0 Å². The van der Waals surface area contributed by atoms with Crippen molar-refractivity contribution in [2.24, 2.45) is 5.92 Å². The van der Waals surface area contributed by atoms with Gasteiger partial charge in [0.2, 0.25) is 11.8 Å². The maximum Gasteiger partial charge on any atom is 0.227 e. The molecule has 0 bridgehead atoms. The molecule has 2 heterocycles. The predicted octanol–water partition coefficient (Wildman–Crippen LogP) is 0.150. The van der Waals surface area contributed by atoms with E-state index in [1.165, 1.54) is 0 Å². The molecule has 0 aromatic carbocycles. The zero-order valence-corrected chi connectivity index (χ0v) is 10.3. The largest absolute Gasteiger partial charge is 0.381 e. The first-order valence-electron chi connectivity index (χ1n) is 6.29. The van der Waals surface area contributed by atoms with E-state index in [4.69, 9.17) is 4.74 Å². The lowest BCUT2D eigenvalue weighted by Gasteiger charge is -2.34. The second-order valence-corrected chi connectivity index (χ2v) is 4.80. The van der Waals surface area contributed by atoms with Crippen molar-refractivity contribution in [3.63, 3.8) is 0 Å². The minimum atomic E-state index is -0.0215. The van der Waals surface area contributed by atoms with Crippen LogP contribution in [0.25, 0.3) is 0 Å². The summed E-state index contributed by atoms with van der Waals surface area (Å²) in [7, 11) is 1.72. The van der Waals surface area contributed by atoms with Gasteiger partial charge in [-0.3, -0.25) is 9.59 Å². The van der Waals surface area contributed by atoms with Gasteiger partial charge in [0.15, 0.2) is 0 Å². The second kappa shape index (κ2) is 5.49. The van der Waals surface area contributed by atoms with Crippen molar-refractivity contribution in [2.45, 2.75) is 31.8 Å². The van der Waals surface area contributed by atoms with E-state index in [1.54, 1.807) is 7.11 Å². The summed E-state index contributed by atoms with van der Waals surface area (Å²) in [6, 6.07) is 0. The Morgan fingerprint density at radius 3 is 2.59 bits per heavy atom. The van der Waals surface area contributed by atoms with Gasteiger partial charge in [0.05, 0.1) is 12.0 Å². The van der Waals surface area contributed by atoms with Gasteiger partial charge in [-0.05, 0) is 19.3 Å². The van der Waals surface area contributed by atoms with Crippen LogP contribution in [0.4, 0.5) is 0 Å². The standard InChI is InChI=1S/C12H20N2O3/c1-17-10-4-6-14(7-5-10)12(16)9-2-3-11(15)13-8-9/h9-10H,2-8H2,1H3,(H,13,15). The van der Waals surface area contributed by atoms with Crippen LogP contribution in [-0.4, -0.2) is 49.6 Å². The Morgan fingerprint density at radius 1 is 1.35 bits per heavy atom. The number of piperidine rings is 2. The summed E-state index contributed by atoms with van der Waals surface area (Å²) in [5.74, 6) is 0.235. The van der Waals surface area contributed by atoms with E-state index in [-0.39, 0.29) is 17.7 Å². The third-order valence-electron chi connectivity index (χ3n) is 3.70. The van der Waals surface area contributed by atoms with Crippen LogP contribution in [0, 0.1) is 5.92 Å². The van der Waals surface area contributed by atoms with Crippen molar-refractivity contribution in [2.75, 3.05) is 26.7 Å². The van der Waals surface area contributed by atoms with Crippen molar-refractivity contribution >= 4 is 11.8 Å². The molecule has 17 heavy (non-hydrogen) atoms. The molecule has 5 heteroatoms. The molecule has 1 N–H and O–H groups in total. The minimum Gasteiger partial charge on any atom is -0.381 e. The Balaban J connectivity index is 1.82. The molecule has 0 radical (unpaired) electrons. The zero-order valence-electron chi connectivity index (χ0n) is 10.3. The summed E-state index contributed by atoms with van der Waals surface area (Å²) in [5, 5.41) is 2.76. The number of carbonyl (C=O) groups excluding carboxylic acids is 2. The minimum absolute atomic E-state index is 0.0215. The number of hydrogen-bond donors (Lipinski definition) is 1. The number of carbonyl (C=O) groups is 2. The molecule has 0 aromatic rings. The van der Waals surface area contributed by atoms with E-state index >= 15 is 0 Å². The molecule has 0 aliphatic carbocycles. The van der Waals surface area contributed by atoms with E-state index in [0.717, 1.165) is 25.9 Å². The molecular formula is C12H20N2O3. The number of amides is 2. The van der Waals surface area contributed by atoms with E-state index in [1.807, 2.05) is 4.90 Å². The fraction of sp³-hybridized carbons (Fsp3) is 0.833. The highest BCUT2D eigenvalue weighted by atomic mass is 16.5. The summed E-state index contributed by atoms with van der Waals surface area (Å²) >= 11 is 0. The van der Waals surface area contributed by atoms with Crippen LogP contribution in [0.5, 0.6) is 0 Å². The summed E-state index contributed by atoms with van der Waals surface area (Å²) in [6.45, 7) is 2.06. The van der Waals surface area contributed by atoms with Crippen LogP contribution < -0.4 is 5.32 Å². The molecule has 5 nitrogen and oxygen atoms in total. The molecular weight excluding hydrogens is 220 g/mol. The van der Waals surface area contributed by atoms with Crippen molar-refractivity contribution in [3.8, 4) is 0 Å². The third-order valence-corrected chi connectivity index (χ3v) is 3.70. The Morgan fingerprint density at radius 2 is 2.06 bits per heavy atom. The lowest BCUT2D eigenvalue weighted by atomic mass is 9.96. The van der Waals surface area contributed by atoms with Gasteiger partial charge in [0, 0.05) is 33.2 Å². The summed E-state index contributed by atoms with van der Waals surface area (Å²) < 4.78 is 5.28. The van der Waals surface area contributed by atoms with Gasteiger partial charge in [0.1, 0.15) is 0 Å². The molecule has 0 aromatic heterocycles. The highest BCUT2D eigenvalue weighted by molar-refractivity contribution is 5.83. The second-order valence-electron chi connectivity index (χ2n) is 4.80. The number of rotatable bonds is 2. The Hall–Kier alpha value is -1.10. The highest BCUT2D eigenvalue weighted by Gasteiger charge is 2.30. The normalized spacial score (nSPS) is 26.8. The molecule has 0 spiro atoms. The van der Waals surface area contributed by atoms with Crippen molar-refractivity contribution in [1.29, 1.82) is 0 Å². The molecule has 2 fully saturated rings. The Labute approximate surface area is 101 Å². The van der Waals surface area contributed by atoms with Crippen LogP contribution in [0.2, 0.25) is 0 Å². The quantitative estimate of drug-likeness (QED) is 0.747. The van der Waals surface area contributed by atoms with Crippen LogP contribution in [-0.2, 0) is 14.3 Å². The number of nitrogens with zero attached hydrogens (tertiary/aromatic N) is 1. The van der Waals surface area contributed by atoms with Gasteiger partial charge in [-0.1, -0.05) is 0 Å². The Kier molecular flexibility index (Phi) is 3.99. The molecule has 2 rings (SSSR count). The first kappa shape index (κ1) is 12.4. The molecule has 2 aliphatic rings. The lowest BCUT2D eigenvalue weighted by molar-refractivity contribution is -0.139. The topological polar surface area (TPSA) is 58.6 Å². The van der Waals surface area contributed by atoms with Crippen LogP contribution >= 0.6 is 0 Å². The Bertz CT molecular complexity index is 288. The SMILES string of the molecule is COC1CCN(C(=O)C2CCC(=O)NC2)CC1. The fourth-order valence-corrected chi connectivity index (χ4v) is 2.51. The first-order valence-corrected chi connectivity index (χ1v) is 6.29. The summed E-state index contributed by atoms with van der Waals surface area (Å²) in [5.41, 5.74) is 0. The number of likely N-dealkylation sites (tertiary alicyclic amines) is 1. The zero-order chi connectivity index (χ0) is 12.3. The molecule has 1 unspecified atom stereocenters. The van der Waals surface area contributed by atoms with Crippen molar-refractivity contribution < 1.29 is 14.3 Å². The molecule has 2 aliphatic heterocycles. The average molecular weight is 240 g/mol. The van der Waals surface area contributed by atoms with E-state index < -0.39 is 0 Å². The maximum atomic E-state index is 12.2. The predicted molar refractivity (Wildman–Crippen MR) is 62.3 cm³/mol. The fourth-order valence-electron chi connectivity index (χ4n) is 2.51. The lowest BCUT2D eigenvalue weighted by Crippen LogP contribution is -2.48. The van der Waals surface area contributed by atoms with Crippen molar-refractivity contribution in [1.82, 2.24) is 10.2 Å². The molecule has 96 valence electrons. The summed E-state index contributed by atoms with van der Waals surface area (Å²) in [6.07, 6.45) is 3.30. The number of methoxy groups -OCH3 is 1. The smallest absolute Gasteiger partial charge is 0.227 e. The molecule has 1 atom stereocenters. The van der Waals surface area contributed by atoms with Gasteiger partial charge >= 0.3 is 0 Å². The van der Waals surface area contributed by atoms with E-state index in [0.29, 0.717) is 25.5 Å². The van der Waals surface area contributed by atoms with Crippen LogP contribution in [0.1, 0.15) is 25.7 Å². The van der Waals surface area contributed by atoms with E-state index in [2.05, 4.69) is 5.32 Å². The van der Waals surface area contributed by atoms with Gasteiger partial charge in [-0.25, -0.2) is 0 Å². The highest BCUT2D eigenvalue weighted by Crippen LogP contribution is 2.19. The summed E-state index contributed by atoms with van der Waals surface area (Å²) in [4.78, 5) is 25.1. The van der Waals surface area contributed by atoms with E-state index in [9.17, 15) is 9.59 Å². The molecule has 0 saturated carbocycles. The maximum absolute atomic E-state index is 12.2. The van der Waals surface area contributed by atoms with Crippen LogP contribution in [0.15, 0.2) is 0 Å². The van der Waals surface area contributed by atoms with Gasteiger partial charge < -0.3 is 15.0 Å². The molecule has 2 saturated heterocycles. The van der Waals surface area contributed by atoms with Crippen molar-refractivity contribution in [3.05, 3.63) is 0 Å². The number of nitrogens with one attached hydrogen (secondary N) is 1. The van der Waals surface area contributed by atoms with Gasteiger partial charge in [-0.2, -0.15) is 0 Å². The van der Waals surface area contributed by atoms with Gasteiger partial charge in [-0.15, -0.1) is 0 Å². The average Bonchev–Trinajstić information content (AvgIpc) is 2.39. The monoisotopic (exact) mass is 240 g/mol. The third kappa shape index (κ3) is 2.97. The number of hydrogen-bond acceptors (Lipinski definition) is 3. The van der Waals surface area contributed by atoms with Gasteiger partial charge in [0.25, 0.3) is 0 Å². The molecule has 2 amide bonds. The number of ether oxygens (including phenoxy) is 1. The first-order chi connectivity index (χ1) is 8.20.